The number of hydrogen-bond donors (Lipinski definition) is 2. The Bertz CT molecular complexity index is 623. The molecule has 2 rings (SSSR count). The molecule has 0 amide bonds. The molecule has 0 aromatic heterocycles. The molecule has 164 valence electrons. The second-order valence-corrected chi connectivity index (χ2v) is 7.64. The summed E-state index contributed by atoms with van der Waals surface area (Å²) in [6, 6.07) is 8.56. The summed E-state index contributed by atoms with van der Waals surface area (Å²) in [5.41, 5.74) is 1.15. The Balaban J connectivity index is 1.94. The summed E-state index contributed by atoms with van der Waals surface area (Å²) in [5, 5.41) is 6.99. The van der Waals surface area contributed by atoms with Gasteiger partial charge in [-0.25, -0.2) is 0 Å². The zero-order valence-corrected chi connectivity index (χ0v) is 18.8. The first-order chi connectivity index (χ1) is 14.1. The number of aliphatic imine (C=N–C) groups is 1. The van der Waals surface area contributed by atoms with E-state index in [9.17, 15) is 0 Å². The van der Waals surface area contributed by atoms with Gasteiger partial charge in [0.25, 0.3) is 0 Å². The van der Waals surface area contributed by atoms with Gasteiger partial charge in [0.15, 0.2) is 5.96 Å². The lowest BCUT2D eigenvalue weighted by atomic mass is 10.2. The molecule has 7 heteroatoms. The van der Waals surface area contributed by atoms with E-state index in [-0.39, 0.29) is 6.10 Å². The van der Waals surface area contributed by atoms with Crippen molar-refractivity contribution in [2.45, 2.75) is 38.8 Å². The lowest BCUT2D eigenvalue weighted by Crippen LogP contribution is -2.45. The first kappa shape index (κ1) is 23.3. The third-order valence-corrected chi connectivity index (χ3v) is 5.05. The van der Waals surface area contributed by atoms with E-state index < -0.39 is 0 Å². The van der Waals surface area contributed by atoms with E-state index in [1.807, 2.05) is 19.1 Å². The summed E-state index contributed by atoms with van der Waals surface area (Å²) in [7, 11) is 5.91. The van der Waals surface area contributed by atoms with Gasteiger partial charge in [0, 0.05) is 38.8 Å². The molecule has 7 nitrogen and oxygen atoms in total. The van der Waals surface area contributed by atoms with Gasteiger partial charge in [-0.2, -0.15) is 0 Å². The maximum atomic E-state index is 5.88. The van der Waals surface area contributed by atoms with Crippen LogP contribution in [0.2, 0.25) is 0 Å². The molecule has 1 aliphatic heterocycles. The fraction of sp³-hybridized carbons (Fsp3) is 0.682. The SMILES string of the molecule is CCNC(=NCC(CCN(C)C)OCC)NC1CCN(c2ccccc2OC)C1. The Morgan fingerprint density at radius 1 is 1.31 bits per heavy atom. The Morgan fingerprint density at radius 2 is 2.10 bits per heavy atom. The summed E-state index contributed by atoms with van der Waals surface area (Å²) >= 11 is 0. The molecule has 29 heavy (non-hydrogen) atoms. The second-order valence-electron chi connectivity index (χ2n) is 7.64. The number of benzene rings is 1. The Labute approximate surface area is 176 Å². The van der Waals surface area contributed by atoms with Crippen LogP contribution in [0.4, 0.5) is 5.69 Å². The van der Waals surface area contributed by atoms with Crippen molar-refractivity contribution >= 4 is 11.6 Å². The fourth-order valence-corrected chi connectivity index (χ4v) is 3.56. The molecule has 1 fully saturated rings. The van der Waals surface area contributed by atoms with Crippen LogP contribution in [0.25, 0.3) is 0 Å². The molecule has 1 heterocycles. The fourth-order valence-electron chi connectivity index (χ4n) is 3.56. The third kappa shape index (κ3) is 7.74. The van der Waals surface area contributed by atoms with Crippen LogP contribution in [0.3, 0.4) is 0 Å². The zero-order chi connectivity index (χ0) is 21.1. The number of methoxy groups -OCH3 is 1. The van der Waals surface area contributed by atoms with Crippen molar-refractivity contribution in [1.82, 2.24) is 15.5 Å². The molecule has 0 saturated carbocycles. The predicted octanol–water partition coefficient (Wildman–Crippen LogP) is 2.19. The van der Waals surface area contributed by atoms with Gasteiger partial charge in [-0.1, -0.05) is 12.1 Å². The van der Waals surface area contributed by atoms with E-state index >= 15 is 0 Å². The average Bonchev–Trinajstić information content (AvgIpc) is 3.18. The highest BCUT2D eigenvalue weighted by Gasteiger charge is 2.25. The Kier molecular flexibility index (Phi) is 10.1. The minimum Gasteiger partial charge on any atom is -0.495 e. The molecule has 1 aromatic rings. The number of para-hydroxylation sites is 2. The van der Waals surface area contributed by atoms with Crippen LogP contribution in [0.5, 0.6) is 5.75 Å². The van der Waals surface area contributed by atoms with Gasteiger partial charge in [0.05, 0.1) is 25.4 Å². The van der Waals surface area contributed by atoms with Crippen LogP contribution in [0, 0.1) is 0 Å². The third-order valence-electron chi connectivity index (χ3n) is 5.05. The van der Waals surface area contributed by atoms with Crippen molar-refractivity contribution in [1.29, 1.82) is 0 Å². The molecule has 2 atom stereocenters. The van der Waals surface area contributed by atoms with Crippen LogP contribution >= 0.6 is 0 Å². The summed E-state index contributed by atoms with van der Waals surface area (Å²) in [6.45, 7) is 9.29. The Hall–Kier alpha value is -1.99. The monoisotopic (exact) mass is 405 g/mol. The summed E-state index contributed by atoms with van der Waals surface area (Å²) < 4.78 is 11.4. The number of guanidine groups is 1. The molecule has 0 aliphatic carbocycles. The molecule has 1 aromatic carbocycles. The number of rotatable bonds is 11. The molecule has 1 saturated heterocycles. The first-order valence-electron chi connectivity index (χ1n) is 10.8. The lowest BCUT2D eigenvalue weighted by Gasteiger charge is -2.22. The summed E-state index contributed by atoms with van der Waals surface area (Å²) in [4.78, 5) is 9.37. The number of ether oxygens (including phenoxy) is 2. The van der Waals surface area contributed by atoms with E-state index in [0.717, 1.165) is 56.4 Å². The zero-order valence-electron chi connectivity index (χ0n) is 18.8. The summed E-state index contributed by atoms with van der Waals surface area (Å²) in [5.74, 6) is 1.79. The standard InChI is InChI=1S/C22H39N5O2/c1-6-23-22(24-16-19(29-7-2)13-14-26(3)4)25-18-12-15-27(17-18)20-10-8-9-11-21(20)28-5/h8-11,18-19H,6-7,12-17H2,1-5H3,(H2,23,24,25). The highest BCUT2D eigenvalue weighted by Crippen LogP contribution is 2.30. The largest absolute Gasteiger partial charge is 0.495 e. The molecule has 2 N–H and O–H groups in total. The Morgan fingerprint density at radius 3 is 2.79 bits per heavy atom. The predicted molar refractivity (Wildman–Crippen MR) is 121 cm³/mol. The topological polar surface area (TPSA) is 61.4 Å². The molecule has 0 spiro atoms. The summed E-state index contributed by atoms with van der Waals surface area (Å²) in [6.07, 6.45) is 2.19. The highest BCUT2D eigenvalue weighted by molar-refractivity contribution is 5.80. The number of hydrogen-bond acceptors (Lipinski definition) is 5. The molecular weight excluding hydrogens is 366 g/mol. The average molecular weight is 406 g/mol. The normalized spacial score (nSPS) is 18.2. The van der Waals surface area contributed by atoms with E-state index in [4.69, 9.17) is 14.5 Å². The van der Waals surface area contributed by atoms with Gasteiger partial charge < -0.3 is 29.9 Å². The van der Waals surface area contributed by atoms with E-state index in [0.29, 0.717) is 19.2 Å². The van der Waals surface area contributed by atoms with Crippen molar-refractivity contribution in [3.05, 3.63) is 24.3 Å². The van der Waals surface area contributed by atoms with Gasteiger partial charge >= 0.3 is 0 Å². The van der Waals surface area contributed by atoms with Gasteiger partial charge in [0.2, 0.25) is 0 Å². The maximum Gasteiger partial charge on any atom is 0.191 e. The number of nitrogens with zero attached hydrogens (tertiary/aromatic N) is 3. The lowest BCUT2D eigenvalue weighted by molar-refractivity contribution is 0.0582. The van der Waals surface area contributed by atoms with Crippen molar-refractivity contribution in [3.8, 4) is 5.75 Å². The van der Waals surface area contributed by atoms with Crippen LogP contribution in [0.1, 0.15) is 26.7 Å². The van der Waals surface area contributed by atoms with Crippen LogP contribution < -0.4 is 20.3 Å². The molecule has 0 radical (unpaired) electrons. The molecule has 0 bridgehead atoms. The van der Waals surface area contributed by atoms with Crippen molar-refractivity contribution < 1.29 is 9.47 Å². The van der Waals surface area contributed by atoms with Crippen molar-refractivity contribution in [2.24, 2.45) is 4.99 Å². The number of anilines is 1. The maximum absolute atomic E-state index is 5.88. The van der Waals surface area contributed by atoms with Crippen molar-refractivity contribution in [3.63, 3.8) is 0 Å². The second kappa shape index (κ2) is 12.5. The van der Waals surface area contributed by atoms with E-state index in [1.165, 1.54) is 0 Å². The van der Waals surface area contributed by atoms with Gasteiger partial charge in [0.1, 0.15) is 5.75 Å². The number of nitrogens with one attached hydrogen (secondary N) is 2. The molecule has 2 unspecified atom stereocenters. The van der Waals surface area contributed by atoms with E-state index in [1.54, 1.807) is 7.11 Å². The quantitative estimate of drug-likeness (QED) is 0.435. The van der Waals surface area contributed by atoms with Crippen LogP contribution in [-0.2, 0) is 4.74 Å². The van der Waals surface area contributed by atoms with E-state index in [2.05, 4.69) is 53.6 Å². The molecule has 1 aliphatic rings. The van der Waals surface area contributed by atoms with Crippen molar-refractivity contribution in [2.75, 3.05) is 65.4 Å². The highest BCUT2D eigenvalue weighted by atomic mass is 16.5. The minimum atomic E-state index is 0.145. The van der Waals surface area contributed by atoms with Crippen LogP contribution in [-0.4, -0.2) is 83.5 Å². The first-order valence-corrected chi connectivity index (χ1v) is 10.8. The smallest absolute Gasteiger partial charge is 0.191 e. The van der Waals surface area contributed by atoms with Crippen LogP contribution in [0.15, 0.2) is 29.3 Å². The minimum absolute atomic E-state index is 0.145. The van der Waals surface area contributed by atoms with Gasteiger partial charge in [-0.3, -0.25) is 4.99 Å². The van der Waals surface area contributed by atoms with Gasteiger partial charge in [-0.05, 0) is 52.9 Å². The molecular formula is C22H39N5O2. The van der Waals surface area contributed by atoms with Gasteiger partial charge in [-0.15, -0.1) is 0 Å².